The van der Waals surface area contributed by atoms with E-state index in [9.17, 15) is 14.7 Å². The molecule has 0 saturated carbocycles. The van der Waals surface area contributed by atoms with Gasteiger partial charge in [0.2, 0.25) is 0 Å². The molecule has 0 aliphatic rings. The lowest BCUT2D eigenvalue weighted by Crippen LogP contribution is -2.07. The van der Waals surface area contributed by atoms with Gasteiger partial charge in [0.25, 0.3) is 0 Å². The molecule has 0 aliphatic heterocycles. The second kappa shape index (κ2) is 4.49. The van der Waals surface area contributed by atoms with Crippen LogP contribution in [0, 0.1) is 5.41 Å². The predicted octanol–water partition coefficient (Wildman–Crippen LogP) is 0.421. The zero-order chi connectivity index (χ0) is 7.98. The van der Waals surface area contributed by atoms with Crippen LogP contribution in [0.15, 0.2) is 0 Å². The van der Waals surface area contributed by atoms with E-state index in [2.05, 4.69) is 4.74 Å². The van der Waals surface area contributed by atoms with Gasteiger partial charge in [-0.05, 0) is 0 Å². The van der Waals surface area contributed by atoms with Crippen molar-refractivity contribution in [3.05, 3.63) is 0 Å². The lowest BCUT2D eigenvalue weighted by molar-refractivity contribution is 0.112. The Morgan fingerprint density at radius 2 is 2.20 bits per heavy atom. The molecule has 0 aromatic heterocycles. The van der Waals surface area contributed by atoms with Gasteiger partial charge < -0.3 is 4.74 Å². The van der Waals surface area contributed by atoms with Crippen LogP contribution < -0.4 is 0 Å². The quantitative estimate of drug-likeness (QED) is 0.352. The minimum atomic E-state index is -1.78. The zero-order valence-electron chi connectivity index (χ0n) is 5.05. The smallest absolute Gasteiger partial charge is 0.378 e. The fourth-order valence-corrected chi connectivity index (χ4v) is 0.316. The number of hydrogen-bond donors (Lipinski definition) is 1. The molecule has 54 valence electrons. The molecule has 0 spiro atoms. The van der Waals surface area contributed by atoms with E-state index in [1.807, 2.05) is 0 Å². The van der Waals surface area contributed by atoms with Crippen LogP contribution in [0.1, 0.15) is 12.8 Å². The van der Waals surface area contributed by atoms with E-state index in [0.717, 1.165) is 0 Å². The van der Waals surface area contributed by atoms with Crippen LogP contribution in [0.25, 0.3) is 0 Å². The summed E-state index contributed by atoms with van der Waals surface area (Å²) in [7, 11) is 0. The Bertz CT molecular complexity index is 154. The first kappa shape index (κ1) is 8.61. The van der Waals surface area contributed by atoms with Crippen molar-refractivity contribution < 1.29 is 19.4 Å². The molecule has 5 nitrogen and oxygen atoms in total. The van der Waals surface area contributed by atoms with Crippen LogP contribution in [0.2, 0.25) is 0 Å². The summed E-state index contributed by atoms with van der Waals surface area (Å²) in [5, 5.41) is 16.3. The molecule has 0 aliphatic carbocycles. The second-order valence-corrected chi connectivity index (χ2v) is 1.42. The Labute approximate surface area is 57.1 Å². The van der Waals surface area contributed by atoms with Crippen molar-refractivity contribution >= 4 is 18.3 Å². The average molecular weight is 143 g/mol. The van der Waals surface area contributed by atoms with E-state index in [1.54, 1.807) is 0 Å². The third kappa shape index (κ3) is 4.76. The maximum absolute atomic E-state index is 9.60. The van der Waals surface area contributed by atoms with Crippen LogP contribution in [0.3, 0.4) is 0 Å². The van der Waals surface area contributed by atoms with Crippen molar-refractivity contribution in [1.29, 1.82) is 5.41 Å². The molecule has 0 heterocycles. The van der Waals surface area contributed by atoms with Crippen LogP contribution in [-0.2, 0) is 14.6 Å². The SMILES string of the molecule is N=C(CC[C]=O)OC([O])=O. The van der Waals surface area contributed by atoms with E-state index in [-0.39, 0.29) is 12.8 Å². The average Bonchev–Trinajstić information content (AvgIpc) is 1.82. The molecular weight excluding hydrogens is 138 g/mol. The Hall–Kier alpha value is -1.39. The van der Waals surface area contributed by atoms with Crippen molar-refractivity contribution in [1.82, 2.24) is 0 Å². The minimum absolute atomic E-state index is 0.0356. The van der Waals surface area contributed by atoms with Crippen molar-refractivity contribution in [2.24, 2.45) is 0 Å². The first-order valence-corrected chi connectivity index (χ1v) is 2.48. The van der Waals surface area contributed by atoms with Crippen molar-refractivity contribution in [2.45, 2.75) is 12.8 Å². The lowest BCUT2D eigenvalue weighted by atomic mass is 10.3. The molecule has 5 heteroatoms. The highest BCUT2D eigenvalue weighted by atomic mass is 16.7. The third-order valence-electron chi connectivity index (χ3n) is 0.661. The molecule has 2 radical (unpaired) electrons. The molecule has 0 bridgehead atoms. The number of nitrogens with one attached hydrogen (secondary N) is 1. The van der Waals surface area contributed by atoms with E-state index in [1.165, 1.54) is 6.29 Å². The van der Waals surface area contributed by atoms with Gasteiger partial charge in [0.15, 0.2) is 12.2 Å². The van der Waals surface area contributed by atoms with Crippen molar-refractivity contribution in [2.75, 3.05) is 0 Å². The normalized spacial score (nSPS) is 8.40. The molecule has 0 saturated heterocycles. The Morgan fingerprint density at radius 3 is 2.60 bits per heavy atom. The first-order valence-electron chi connectivity index (χ1n) is 2.48. The maximum atomic E-state index is 9.60. The van der Waals surface area contributed by atoms with Gasteiger partial charge in [-0.1, -0.05) is 0 Å². The van der Waals surface area contributed by atoms with Crippen LogP contribution >= 0.6 is 0 Å². The summed E-state index contributed by atoms with van der Waals surface area (Å²) < 4.78 is 3.76. The zero-order valence-corrected chi connectivity index (χ0v) is 5.05. The third-order valence-corrected chi connectivity index (χ3v) is 0.661. The highest BCUT2D eigenvalue weighted by Gasteiger charge is 2.04. The summed E-state index contributed by atoms with van der Waals surface area (Å²) in [5.74, 6) is -0.497. The molecular formula is C5H5NO4. The molecule has 1 N–H and O–H groups in total. The van der Waals surface area contributed by atoms with Gasteiger partial charge in [-0.15, -0.1) is 0 Å². The summed E-state index contributed by atoms with van der Waals surface area (Å²) in [6.45, 7) is 0. The molecule has 10 heavy (non-hydrogen) atoms. The van der Waals surface area contributed by atoms with Crippen LogP contribution in [0.4, 0.5) is 4.79 Å². The van der Waals surface area contributed by atoms with E-state index in [4.69, 9.17) is 5.41 Å². The standard InChI is InChI=1S/C5H5NO4/c6-4(2-1-3-7)10-5(8)9/h6H,1-2H2. The molecule has 0 rings (SSSR count). The highest BCUT2D eigenvalue weighted by molar-refractivity contribution is 5.83. The van der Waals surface area contributed by atoms with E-state index >= 15 is 0 Å². The Morgan fingerprint density at radius 1 is 1.60 bits per heavy atom. The number of carbonyl (C=O) groups is 1. The first-order chi connectivity index (χ1) is 4.66. The Kier molecular flexibility index (Phi) is 3.86. The highest BCUT2D eigenvalue weighted by Crippen LogP contribution is 1.90. The minimum Gasteiger partial charge on any atom is -0.378 e. The van der Waals surface area contributed by atoms with Gasteiger partial charge in [-0.3, -0.25) is 10.2 Å². The maximum Gasteiger partial charge on any atom is 0.556 e. The van der Waals surface area contributed by atoms with E-state index < -0.39 is 12.1 Å². The van der Waals surface area contributed by atoms with Crippen molar-refractivity contribution in [3.8, 4) is 0 Å². The largest absolute Gasteiger partial charge is 0.556 e. The Balaban J connectivity index is 3.43. The fraction of sp³-hybridized carbons (Fsp3) is 0.400. The van der Waals surface area contributed by atoms with Crippen LogP contribution in [-0.4, -0.2) is 18.3 Å². The predicted molar refractivity (Wildman–Crippen MR) is 29.8 cm³/mol. The molecule has 0 atom stereocenters. The number of rotatable bonds is 3. The number of hydrogen-bond acceptors (Lipinski definition) is 4. The summed E-state index contributed by atoms with van der Waals surface area (Å²) in [4.78, 5) is 19.2. The second-order valence-electron chi connectivity index (χ2n) is 1.42. The van der Waals surface area contributed by atoms with Gasteiger partial charge in [0.1, 0.15) is 0 Å². The monoisotopic (exact) mass is 143 g/mol. The number of ether oxygens (including phenoxy) is 1. The number of carbonyl (C=O) groups excluding carboxylic acids is 2. The lowest BCUT2D eigenvalue weighted by Gasteiger charge is -1.94. The summed E-state index contributed by atoms with van der Waals surface area (Å²) in [6.07, 6.45) is -0.388. The fourth-order valence-electron chi connectivity index (χ4n) is 0.316. The van der Waals surface area contributed by atoms with Gasteiger partial charge >= 0.3 is 6.16 Å². The summed E-state index contributed by atoms with van der Waals surface area (Å²) in [5.41, 5.74) is 0. The molecule has 0 aromatic rings. The molecule has 0 aromatic carbocycles. The van der Waals surface area contributed by atoms with Gasteiger partial charge in [-0.25, -0.2) is 0 Å². The van der Waals surface area contributed by atoms with Crippen LogP contribution in [0.5, 0.6) is 0 Å². The van der Waals surface area contributed by atoms with Gasteiger partial charge in [-0.2, -0.15) is 9.90 Å². The summed E-state index contributed by atoms with van der Waals surface area (Å²) >= 11 is 0. The summed E-state index contributed by atoms with van der Waals surface area (Å²) in [6, 6.07) is 0. The topological polar surface area (TPSA) is 87.1 Å². The van der Waals surface area contributed by atoms with Crippen molar-refractivity contribution in [3.63, 3.8) is 0 Å². The molecule has 0 amide bonds. The van der Waals surface area contributed by atoms with E-state index in [0.29, 0.717) is 0 Å². The molecule has 0 fully saturated rings. The van der Waals surface area contributed by atoms with Gasteiger partial charge in [0.05, 0.1) is 0 Å². The molecule has 0 unspecified atom stereocenters. The van der Waals surface area contributed by atoms with Gasteiger partial charge in [0, 0.05) is 12.8 Å².